The van der Waals surface area contributed by atoms with Gasteiger partial charge in [0.15, 0.2) is 0 Å². The van der Waals surface area contributed by atoms with Gasteiger partial charge >= 0.3 is 24.3 Å². The Morgan fingerprint density at radius 1 is 0.783 bits per heavy atom. The Balaban J connectivity index is 4.73. The molecule has 0 aliphatic rings. The highest BCUT2D eigenvalue weighted by Gasteiger charge is 2.57. The molecule has 0 bridgehead atoms. The first kappa shape index (κ1) is 22.1. The standard InChI is InChI=1S/C9H9F12NO/c1-22(9(19,20)21)5(11)7(14,15)3-23-2-6(12,13)4(10)8(16,17)18/h4-5H,2-3H2,1H3. The molecule has 0 amide bonds. The summed E-state index contributed by atoms with van der Waals surface area (Å²) in [6.45, 7) is -4.96. The van der Waals surface area contributed by atoms with Crippen molar-refractivity contribution in [1.82, 2.24) is 4.90 Å². The third-order valence-electron chi connectivity index (χ3n) is 2.34. The largest absolute Gasteiger partial charge is 0.462 e. The number of nitrogens with zero attached hydrogens (tertiary/aromatic N) is 1. The van der Waals surface area contributed by atoms with E-state index in [9.17, 15) is 52.7 Å². The highest BCUT2D eigenvalue weighted by molar-refractivity contribution is 4.84. The Morgan fingerprint density at radius 2 is 1.17 bits per heavy atom. The van der Waals surface area contributed by atoms with Crippen LogP contribution in [0.25, 0.3) is 0 Å². The number of ether oxygens (including phenoxy) is 1. The summed E-state index contributed by atoms with van der Waals surface area (Å²) in [5, 5.41) is 0. The predicted octanol–water partition coefficient (Wildman–Crippen LogP) is 3.92. The molecule has 0 radical (unpaired) electrons. The third kappa shape index (κ3) is 6.24. The summed E-state index contributed by atoms with van der Waals surface area (Å²) in [4.78, 5) is -1.40. The van der Waals surface area contributed by atoms with Crippen LogP contribution < -0.4 is 0 Å². The Morgan fingerprint density at radius 3 is 1.52 bits per heavy atom. The van der Waals surface area contributed by atoms with Gasteiger partial charge in [0.25, 0.3) is 6.17 Å². The number of hydrogen-bond donors (Lipinski definition) is 0. The maximum atomic E-state index is 13.0. The van der Waals surface area contributed by atoms with Gasteiger partial charge in [0.1, 0.15) is 13.2 Å². The van der Waals surface area contributed by atoms with E-state index < -0.39 is 54.9 Å². The smallest absolute Gasteiger partial charge is 0.369 e. The maximum absolute atomic E-state index is 13.0. The summed E-state index contributed by atoms with van der Waals surface area (Å²) < 4.78 is 151. The van der Waals surface area contributed by atoms with Gasteiger partial charge in [-0.2, -0.15) is 40.0 Å². The second-order valence-electron chi connectivity index (χ2n) is 4.33. The van der Waals surface area contributed by atoms with Crippen LogP contribution in [0.5, 0.6) is 0 Å². The quantitative estimate of drug-likeness (QED) is 0.494. The van der Waals surface area contributed by atoms with Crippen molar-refractivity contribution in [2.24, 2.45) is 0 Å². The fraction of sp³-hybridized carbons (Fsp3) is 1.00. The van der Waals surface area contributed by atoms with Crippen molar-refractivity contribution < 1.29 is 57.4 Å². The maximum Gasteiger partial charge on any atom is 0.462 e. The zero-order valence-electron chi connectivity index (χ0n) is 11.0. The number of halogens is 12. The van der Waals surface area contributed by atoms with E-state index in [0.717, 1.165) is 0 Å². The van der Waals surface area contributed by atoms with E-state index in [4.69, 9.17) is 0 Å². The molecule has 0 aliphatic heterocycles. The summed E-state index contributed by atoms with van der Waals surface area (Å²) in [6.07, 6.45) is -20.4. The SMILES string of the molecule is CN(C(F)C(F)(F)COCC(F)(F)C(F)C(F)(F)F)C(F)(F)F. The molecule has 0 aliphatic carbocycles. The normalized spacial score (nSPS) is 17.5. The second-order valence-corrected chi connectivity index (χ2v) is 4.33. The molecule has 0 rings (SSSR count). The van der Waals surface area contributed by atoms with Gasteiger partial charge in [-0.05, 0) is 7.05 Å². The lowest BCUT2D eigenvalue weighted by atomic mass is 10.2. The Kier molecular flexibility index (Phi) is 6.63. The zero-order chi connectivity index (χ0) is 18.9. The summed E-state index contributed by atoms with van der Waals surface area (Å²) in [5.74, 6) is -10.3. The molecule has 2 atom stereocenters. The molecule has 2 nitrogen and oxygen atoms in total. The molecule has 14 heteroatoms. The minimum absolute atomic E-state index is 0.117. The van der Waals surface area contributed by atoms with Gasteiger partial charge in [-0.1, -0.05) is 0 Å². The van der Waals surface area contributed by atoms with E-state index in [1.165, 1.54) is 0 Å². The molecule has 0 N–H and O–H groups in total. The molecule has 0 aromatic heterocycles. The first-order valence-electron chi connectivity index (χ1n) is 5.41. The lowest BCUT2D eigenvalue weighted by Gasteiger charge is -2.30. The summed E-state index contributed by atoms with van der Waals surface area (Å²) in [6, 6.07) is 0. The molecule has 23 heavy (non-hydrogen) atoms. The number of rotatable bonds is 7. The highest BCUT2D eigenvalue weighted by atomic mass is 19.4. The van der Waals surface area contributed by atoms with E-state index in [2.05, 4.69) is 4.74 Å². The predicted molar refractivity (Wildman–Crippen MR) is 50.4 cm³/mol. The van der Waals surface area contributed by atoms with Crippen molar-refractivity contribution in [1.29, 1.82) is 0 Å². The van der Waals surface area contributed by atoms with Gasteiger partial charge in [0.2, 0.25) is 6.30 Å². The summed E-state index contributed by atoms with van der Waals surface area (Å²) in [7, 11) is -0.117. The van der Waals surface area contributed by atoms with Crippen LogP contribution in [0.15, 0.2) is 0 Å². The van der Waals surface area contributed by atoms with Gasteiger partial charge in [-0.3, -0.25) is 0 Å². The van der Waals surface area contributed by atoms with Crippen molar-refractivity contribution in [3.8, 4) is 0 Å². The van der Waals surface area contributed by atoms with Crippen LogP contribution in [0.1, 0.15) is 0 Å². The molecular formula is C9H9F12NO. The van der Waals surface area contributed by atoms with Crippen LogP contribution >= 0.6 is 0 Å². The average Bonchev–Trinajstić information content (AvgIpc) is 2.33. The molecule has 2 unspecified atom stereocenters. The first-order chi connectivity index (χ1) is 9.93. The van der Waals surface area contributed by atoms with Crippen molar-refractivity contribution in [3.63, 3.8) is 0 Å². The Hall–Kier alpha value is -0.920. The number of hydrogen-bond acceptors (Lipinski definition) is 2. The molecule has 140 valence electrons. The van der Waals surface area contributed by atoms with Crippen LogP contribution in [0, 0.1) is 0 Å². The van der Waals surface area contributed by atoms with Crippen LogP contribution in [0.3, 0.4) is 0 Å². The van der Waals surface area contributed by atoms with Crippen LogP contribution in [0.4, 0.5) is 52.7 Å². The molecular weight excluding hydrogens is 366 g/mol. The van der Waals surface area contributed by atoms with E-state index in [1.54, 1.807) is 0 Å². The van der Waals surface area contributed by atoms with Crippen LogP contribution in [0.2, 0.25) is 0 Å². The number of alkyl halides is 12. The minimum Gasteiger partial charge on any atom is -0.369 e. The fourth-order valence-corrected chi connectivity index (χ4v) is 1.12. The summed E-state index contributed by atoms with van der Waals surface area (Å²) >= 11 is 0. The Bertz CT molecular complexity index is 378. The summed E-state index contributed by atoms with van der Waals surface area (Å²) in [5.41, 5.74) is 0. The van der Waals surface area contributed by atoms with Gasteiger partial charge in [-0.15, -0.1) is 0 Å². The lowest BCUT2D eigenvalue weighted by Crippen LogP contribution is -2.52. The molecule has 0 saturated carbocycles. The van der Waals surface area contributed by atoms with Crippen LogP contribution in [-0.4, -0.2) is 62.0 Å². The van der Waals surface area contributed by atoms with Crippen molar-refractivity contribution >= 4 is 0 Å². The van der Waals surface area contributed by atoms with Crippen molar-refractivity contribution in [2.45, 2.75) is 36.8 Å². The molecule has 0 heterocycles. The molecule has 0 fully saturated rings. The highest BCUT2D eigenvalue weighted by Crippen LogP contribution is 2.36. The monoisotopic (exact) mass is 375 g/mol. The third-order valence-corrected chi connectivity index (χ3v) is 2.34. The van der Waals surface area contributed by atoms with Crippen LogP contribution in [-0.2, 0) is 4.74 Å². The van der Waals surface area contributed by atoms with Gasteiger partial charge in [0, 0.05) is 0 Å². The average molecular weight is 375 g/mol. The zero-order valence-corrected chi connectivity index (χ0v) is 11.0. The van der Waals surface area contributed by atoms with E-state index >= 15 is 0 Å². The van der Waals surface area contributed by atoms with Gasteiger partial charge < -0.3 is 4.74 Å². The minimum atomic E-state index is -6.02. The van der Waals surface area contributed by atoms with E-state index in [0.29, 0.717) is 0 Å². The molecule has 0 aromatic rings. The van der Waals surface area contributed by atoms with Crippen molar-refractivity contribution in [3.05, 3.63) is 0 Å². The molecule has 0 aromatic carbocycles. The van der Waals surface area contributed by atoms with Gasteiger partial charge in [0.05, 0.1) is 0 Å². The molecule has 0 spiro atoms. The van der Waals surface area contributed by atoms with Crippen molar-refractivity contribution in [2.75, 3.05) is 20.3 Å². The lowest BCUT2D eigenvalue weighted by molar-refractivity contribution is -0.302. The Labute approximate surface area is 121 Å². The van der Waals surface area contributed by atoms with E-state index in [1.807, 2.05) is 0 Å². The first-order valence-corrected chi connectivity index (χ1v) is 5.41. The topological polar surface area (TPSA) is 12.5 Å². The van der Waals surface area contributed by atoms with E-state index in [-0.39, 0.29) is 7.05 Å². The second kappa shape index (κ2) is 6.91. The fourth-order valence-electron chi connectivity index (χ4n) is 1.12. The van der Waals surface area contributed by atoms with Gasteiger partial charge in [-0.25, -0.2) is 17.6 Å². The molecule has 0 saturated heterocycles.